The fourth-order valence-corrected chi connectivity index (χ4v) is 5.94. The summed E-state index contributed by atoms with van der Waals surface area (Å²) in [5.74, 6) is 0.285. The molecule has 3 heterocycles. The summed E-state index contributed by atoms with van der Waals surface area (Å²) in [5.41, 5.74) is 0. The number of carbonyl (C=O) groups is 2. The topological polar surface area (TPSA) is 118 Å². The number of halogens is 1. The zero-order chi connectivity index (χ0) is 21.6. The number of aromatic nitrogens is 1. The molecule has 0 atom stereocenters. The van der Waals surface area contributed by atoms with E-state index in [1.165, 1.54) is 0 Å². The number of rotatable bonds is 4. The van der Waals surface area contributed by atoms with E-state index in [9.17, 15) is 18.0 Å². The second-order valence-corrected chi connectivity index (χ2v) is 10.2. The molecule has 1 saturated carbocycles. The highest BCUT2D eigenvalue weighted by molar-refractivity contribution is 7.89. The molecule has 3 aliphatic rings. The summed E-state index contributed by atoms with van der Waals surface area (Å²) in [6.45, 7) is 1.20. The van der Waals surface area contributed by atoms with E-state index < -0.39 is 16.1 Å². The summed E-state index contributed by atoms with van der Waals surface area (Å²) < 4.78 is 32.9. The maximum atomic E-state index is 12.7. The van der Waals surface area contributed by atoms with Crippen molar-refractivity contribution in [1.82, 2.24) is 19.9 Å². The molecule has 3 amide bonds. The minimum absolute atomic E-state index is 0.0153. The van der Waals surface area contributed by atoms with Gasteiger partial charge in [-0.3, -0.25) is 10.1 Å². The lowest BCUT2D eigenvalue weighted by Crippen LogP contribution is -2.46. The van der Waals surface area contributed by atoms with E-state index in [1.54, 1.807) is 22.6 Å². The number of imide groups is 1. The molecule has 2 N–H and O–H groups in total. The molecule has 166 valence electrons. The highest BCUT2D eigenvalue weighted by Gasteiger charge is 2.35. The van der Waals surface area contributed by atoms with Gasteiger partial charge in [0.05, 0.1) is 16.8 Å². The Kier molecular flexibility index (Phi) is 7.90. The third kappa shape index (κ3) is 6.29. The van der Waals surface area contributed by atoms with Crippen LogP contribution in [0.4, 0.5) is 4.79 Å². The van der Waals surface area contributed by atoms with Gasteiger partial charge in [0.15, 0.2) is 0 Å². The minimum Gasteiger partial charge on any atom is -0.474 e. The number of hydrogen-bond acceptors (Lipinski definition) is 6. The van der Waals surface area contributed by atoms with Gasteiger partial charge in [0.25, 0.3) is 0 Å². The molecule has 4 rings (SSSR count). The first-order valence-corrected chi connectivity index (χ1v) is 12.1. The molecule has 1 aromatic rings. The molecule has 1 aromatic heterocycles. The second-order valence-electron chi connectivity index (χ2n) is 7.57. The van der Waals surface area contributed by atoms with Crippen LogP contribution in [0.25, 0.3) is 0 Å². The third-order valence-corrected chi connectivity index (χ3v) is 8.01. The number of hydrogen-bond donors (Lipinski definition) is 2. The Balaban J connectivity index is 0.000000310. The van der Waals surface area contributed by atoms with Gasteiger partial charge in [0.1, 0.15) is 6.10 Å². The summed E-state index contributed by atoms with van der Waals surface area (Å²) in [6.07, 6.45) is 7.84. The quantitative estimate of drug-likeness (QED) is 0.667. The molecule has 0 unspecified atom stereocenters. The number of urea groups is 1. The van der Waals surface area contributed by atoms with Crippen LogP contribution in [0.2, 0.25) is 5.02 Å². The molecule has 2 saturated heterocycles. The Hall–Kier alpha value is -1.91. The summed E-state index contributed by atoms with van der Waals surface area (Å²) in [4.78, 5) is 24.2. The van der Waals surface area contributed by atoms with E-state index in [4.69, 9.17) is 16.3 Å². The van der Waals surface area contributed by atoms with Gasteiger partial charge < -0.3 is 10.1 Å². The number of carbonyl (C=O) groups excluding carboxylic acids is 2. The maximum Gasteiger partial charge on any atom is 0.321 e. The summed E-state index contributed by atoms with van der Waals surface area (Å²) >= 11 is 5.81. The summed E-state index contributed by atoms with van der Waals surface area (Å²) in [7, 11) is -3.14. The van der Waals surface area contributed by atoms with Gasteiger partial charge in [0, 0.05) is 25.4 Å². The first-order valence-electron chi connectivity index (χ1n) is 10.2. The average Bonchev–Trinajstić information content (AvgIpc) is 3.14. The van der Waals surface area contributed by atoms with Gasteiger partial charge >= 0.3 is 6.03 Å². The standard InChI is InChI=1S/C16H23ClN2O3S.C3H4N2O2/c17-13-6-7-16(18-12-13)22-14-8-10-19(11-9-14)23(20,21)15-4-2-1-3-5-15;6-2-1-4-3(7)5-2/h6-7,12,14-15H,1-5,8-11H2;1H2,(H2,4,5,6,7). The van der Waals surface area contributed by atoms with Crippen LogP contribution in [0, 0.1) is 0 Å². The number of ether oxygens (including phenoxy) is 1. The van der Waals surface area contributed by atoms with E-state index >= 15 is 0 Å². The van der Waals surface area contributed by atoms with Crippen LogP contribution in [0.5, 0.6) is 5.88 Å². The lowest BCUT2D eigenvalue weighted by molar-refractivity contribution is -0.117. The molecule has 2 aliphatic heterocycles. The molecule has 0 spiro atoms. The van der Waals surface area contributed by atoms with Crippen molar-refractivity contribution < 1.29 is 22.7 Å². The number of sulfonamides is 1. The smallest absolute Gasteiger partial charge is 0.321 e. The molecule has 0 radical (unpaired) electrons. The van der Waals surface area contributed by atoms with E-state index in [-0.39, 0.29) is 23.8 Å². The fraction of sp³-hybridized carbons (Fsp3) is 0.632. The second kappa shape index (κ2) is 10.4. The van der Waals surface area contributed by atoms with Crippen LogP contribution in [0.1, 0.15) is 44.9 Å². The molecular weight excluding hydrogens is 432 g/mol. The first-order chi connectivity index (χ1) is 14.3. The average molecular weight is 459 g/mol. The SMILES string of the molecule is O=C1CNC(=O)N1.O=S(=O)(C1CCCCC1)N1CCC(Oc2ccc(Cl)cn2)CC1. The molecule has 0 aromatic carbocycles. The Bertz CT molecular complexity index is 821. The minimum atomic E-state index is -3.14. The summed E-state index contributed by atoms with van der Waals surface area (Å²) in [6, 6.07) is 3.09. The Morgan fingerprint density at radius 1 is 1.07 bits per heavy atom. The highest BCUT2D eigenvalue weighted by Crippen LogP contribution is 2.28. The van der Waals surface area contributed by atoms with Crippen molar-refractivity contribution in [3.63, 3.8) is 0 Å². The third-order valence-electron chi connectivity index (χ3n) is 5.38. The predicted octanol–water partition coefficient (Wildman–Crippen LogP) is 2.07. The van der Waals surface area contributed by atoms with Crippen molar-refractivity contribution in [1.29, 1.82) is 0 Å². The van der Waals surface area contributed by atoms with E-state index in [0.29, 0.717) is 36.8 Å². The highest BCUT2D eigenvalue weighted by atomic mass is 35.5. The maximum absolute atomic E-state index is 12.7. The van der Waals surface area contributed by atoms with Crippen LogP contribution in [0.3, 0.4) is 0 Å². The monoisotopic (exact) mass is 458 g/mol. The van der Waals surface area contributed by atoms with Crippen molar-refractivity contribution in [3.05, 3.63) is 23.4 Å². The van der Waals surface area contributed by atoms with Gasteiger partial charge in [-0.05, 0) is 31.7 Å². The van der Waals surface area contributed by atoms with Crippen molar-refractivity contribution in [3.8, 4) is 5.88 Å². The number of piperidine rings is 1. The lowest BCUT2D eigenvalue weighted by atomic mass is 10.0. The van der Waals surface area contributed by atoms with Gasteiger partial charge in [-0.1, -0.05) is 30.9 Å². The Morgan fingerprint density at radius 3 is 2.27 bits per heavy atom. The number of pyridine rings is 1. The van der Waals surface area contributed by atoms with Crippen LogP contribution in [0.15, 0.2) is 18.3 Å². The van der Waals surface area contributed by atoms with Crippen molar-refractivity contribution >= 4 is 33.6 Å². The molecular formula is C19H27ClN4O5S. The molecule has 3 fully saturated rings. The number of amides is 3. The molecule has 0 bridgehead atoms. The van der Waals surface area contributed by atoms with Crippen molar-refractivity contribution in [2.24, 2.45) is 0 Å². The van der Waals surface area contributed by atoms with Crippen LogP contribution in [-0.4, -0.2) is 60.6 Å². The van der Waals surface area contributed by atoms with Gasteiger partial charge in [-0.2, -0.15) is 0 Å². The predicted molar refractivity (Wildman–Crippen MR) is 112 cm³/mol. The lowest BCUT2D eigenvalue weighted by Gasteiger charge is -2.34. The van der Waals surface area contributed by atoms with Crippen LogP contribution in [-0.2, 0) is 14.8 Å². The molecule has 11 heteroatoms. The molecule has 1 aliphatic carbocycles. The fourth-order valence-electron chi connectivity index (χ4n) is 3.76. The van der Waals surface area contributed by atoms with Gasteiger partial charge in [0.2, 0.25) is 21.8 Å². The van der Waals surface area contributed by atoms with E-state index in [2.05, 4.69) is 10.3 Å². The Labute approximate surface area is 181 Å². The van der Waals surface area contributed by atoms with Crippen LogP contribution < -0.4 is 15.4 Å². The molecule has 30 heavy (non-hydrogen) atoms. The van der Waals surface area contributed by atoms with E-state index in [0.717, 1.165) is 32.1 Å². The zero-order valence-corrected chi connectivity index (χ0v) is 18.3. The first kappa shape index (κ1) is 22.8. The zero-order valence-electron chi connectivity index (χ0n) is 16.7. The normalized spacial score (nSPS) is 21.4. The summed E-state index contributed by atoms with van der Waals surface area (Å²) in [5, 5.41) is 4.70. The number of nitrogens with one attached hydrogen (secondary N) is 2. The van der Waals surface area contributed by atoms with Crippen molar-refractivity contribution in [2.75, 3.05) is 19.6 Å². The number of nitrogens with zero attached hydrogens (tertiary/aromatic N) is 2. The molecule has 9 nitrogen and oxygen atoms in total. The van der Waals surface area contributed by atoms with E-state index in [1.807, 2.05) is 5.32 Å². The largest absolute Gasteiger partial charge is 0.474 e. The van der Waals surface area contributed by atoms with Crippen LogP contribution >= 0.6 is 11.6 Å². The van der Waals surface area contributed by atoms with Gasteiger partial charge in [-0.15, -0.1) is 0 Å². The van der Waals surface area contributed by atoms with Gasteiger partial charge in [-0.25, -0.2) is 22.5 Å². The van der Waals surface area contributed by atoms with Crippen molar-refractivity contribution in [2.45, 2.75) is 56.3 Å². The Morgan fingerprint density at radius 2 is 1.77 bits per heavy atom.